The predicted octanol–water partition coefficient (Wildman–Crippen LogP) is 6.03. The summed E-state index contributed by atoms with van der Waals surface area (Å²) in [6.45, 7) is 7.02. The van der Waals surface area contributed by atoms with Gasteiger partial charge in [-0.2, -0.15) is 5.26 Å². The summed E-state index contributed by atoms with van der Waals surface area (Å²) in [6.07, 6.45) is 0.714. The van der Waals surface area contributed by atoms with Crippen molar-refractivity contribution in [3.8, 4) is 6.07 Å². The van der Waals surface area contributed by atoms with Gasteiger partial charge in [0.1, 0.15) is 17.7 Å². The number of rotatable bonds is 4. The van der Waals surface area contributed by atoms with E-state index in [-0.39, 0.29) is 5.82 Å². The molecule has 37 heavy (non-hydrogen) atoms. The molecule has 0 atom stereocenters. The van der Waals surface area contributed by atoms with Gasteiger partial charge in [-0.3, -0.25) is 4.40 Å². The Morgan fingerprint density at radius 3 is 2.27 bits per heavy atom. The number of pyridine rings is 1. The molecule has 6 rings (SSSR count). The van der Waals surface area contributed by atoms with E-state index in [2.05, 4.69) is 57.5 Å². The van der Waals surface area contributed by atoms with Crippen LogP contribution in [0.3, 0.4) is 0 Å². The Labute approximate surface area is 216 Å². The molecule has 0 amide bonds. The summed E-state index contributed by atoms with van der Waals surface area (Å²) in [5.74, 6) is 0.891. The van der Waals surface area contributed by atoms with E-state index in [0.29, 0.717) is 36.4 Å². The maximum Gasteiger partial charge on any atom is 0.157 e. The average Bonchev–Trinajstić information content (AvgIpc) is 3.30. The largest absolute Gasteiger partial charge is 0.366 e. The summed E-state index contributed by atoms with van der Waals surface area (Å²) in [4.78, 5) is 9.39. The van der Waals surface area contributed by atoms with Gasteiger partial charge in [0.05, 0.1) is 22.3 Å². The quantitative estimate of drug-likeness (QED) is 0.309. The molecular weight excluding hydrogens is 461 g/mol. The zero-order chi connectivity index (χ0) is 25.5. The number of imidazole rings is 1. The minimum Gasteiger partial charge on any atom is -0.366 e. The predicted molar refractivity (Wildman–Crippen MR) is 147 cm³/mol. The number of aromatic nitrogens is 2. The van der Waals surface area contributed by atoms with Crippen molar-refractivity contribution in [2.45, 2.75) is 20.3 Å². The van der Waals surface area contributed by atoms with Crippen LogP contribution in [-0.2, 0) is 6.42 Å². The molecular formula is C31H28FN5. The van der Waals surface area contributed by atoms with Gasteiger partial charge >= 0.3 is 0 Å². The van der Waals surface area contributed by atoms with Gasteiger partial charge in [-0.05, 0) is 49.2 Å². The summed E-state index contributed by atoms with van der Waals surface area (Å²) in [5, 5.41) is 10.2. The molecule has 1 fully saturated rings. The van der Waals surface area contributed by atoms with Crippen LogP contribution in [0.5, 0.6) is 0 Å². The molecule has 0 unspecified atom stereocenters. The molecule has 5 aromatic rings. The highest BCUT2D eigenvalue weighted by molar-refractivity contribution is 5.86. The lowest BCUT2D eigenvalue weighted by Crippen LogP contribution is -2.47. The van der Waals surface area contributed by atoms with E-state index in [4.69, 9.17) is 4.98 Å². The molecule has 3 aromatic carbocycles. The summed E-state index contributed by atoms with van der Waals surface area (Å²) in [6, 6.07) is 26.1. The van der Waals surface area contributed by atoms with Gasteiger partial charge in [0, 0.05) is 38.2 Å². The fourth-order valence-electron chi connectivity index (χ4n) is 5.48. The molecule has 5 nitrogen and oxygen atoms in total. The second-order valence-corrected chi connectivity index (χ2v) is 9.76. The summed E-state index contributed by atoms with van der Waals surface area (Å²) in [5.41, 5.74) is 8.35. The number of benzene rings is 3. The fourth-order valence-corrected chi connectivity index (χ4v) is 5.48. The molecule has 0 aliphatic carbocycles. The van der Waals surface area contributed by atoms with E-state index in [1.807, 2.05) is 37.3 Å². The second kappa shape index (κ2) is 9.25. The molecule has 1 aliphatic rings. The number of halogens is 1. The van der Waals surface area contributed by atoms with Crippen molar-refractivity contribution >= 4 is 28.2 Å². The highest BCUT2D eigenvalue weighted by Gasteiger charge is 2.27. The standard InChI is InChI=1S/C31H28FN5/c1-21-11-13-23(14-12-21)19-24-22(2)25(20-33)30-34-27-8-4-6-10-29(27)37(30)31(24)36-17-15-35(16-18-36)28-9-5-3-7-26(28)32/h3-14H,15-19H2,1-2H3. The molecule has 2 aromatic heterocycles. The Balaban J connectivity index is 1.51. The topological polar surface area (TPSA) is 47.6 Å². The zero-order valence-electron chi connectivity index (χ0n) is 21.1. The molecule has 0 radical (unpaired) electrons. The van der Waals surface area contributed by atoms with Crippen molar-refractivity contribution in [1.82, 2.24) is 9.38 Å². The highest BCUT2D eigenvalue weighted by atomic mass is 19.1. The smallest absolute Gasteiger partial charge is 0.157 e. The van der Waals surface area contributed by atoms with Crippen LogP contribution >= 0.6 is 0 Å². The Morgan fingerprint density at radius 2 is 1.54 bits per heavy atom. The first-order chi connectivity index (χ1) is 18.0. The third-order valence-corrected chi connectivity index (χ3v) is 7.48. The van der Waals surface area contributed by atoms with Crippen LogP contribution in [0.1, 0.15) is 27.8 Å². The van der Waals surface area contributed by atoms with Gasteiger partial charge in [0.25, 0.3) is 0 Å². The van der Waals surface area contributed by atoms with Gasteiger partial charge in [0.15, 0.2) is 5.65 Å². The fraction of sp³-hybridized carbons (Fsp3) is 0.226. The SMILES string of the molecule is Cc1ccc(Cc2c(C)c(C#N)c3nc4ccccc4n3c2N2CCN(c3ccccc3F)CC2)cc1. The maximum absolute atomic E-state index is 14.5. The highest BCUT2D eigenvalue weighted by Crippen LogP contribution is 2.35. The van der Waals surface area contributed by atoms with Crippen LogP contribution < -0.4 is 9.80 Å². The van der Waals surface area contributed by atoms with Crippen LogP contribution in [0.15, 0.2) is 72.8 Å². The van der Waals surface area contributed by atoms with Crippen LogP contribution in [0.4, 0.5) is 15.9 Å². The monoisotopic (exact) mass is 489 g/mol. The minimum absolute atomic E-state index is 0.187. The first-order valence-electron chi connectivity index (χ1n) is 12.7. The van der Waals surface area contributed by atoms with Gasteiger partial charge in [-0.25, -0.2) is 9.37 Å². The van der Waals surface area contributed by atoms with Gasteiger partial charge in [-0.15, -0.1) is 0 Å². The molecule has 184 valence electrons. The number of anilines is 2. The van der Waals surface area contributed by atoms with Gasteiger partial charge in [-0.1, -0.05) is 54.1 Å². The van der Waals surface area contributed by atoms with E-state index >= 15 is 0 Å². The first-order valence-corrected chi connectivity index (χ1v) is 12.7. The number of piperazine rings is 1. The van der Waals surface area contributed by atoms with Crippen LogP contribution in [-0.4, -0.2) is 35.6 Å². The summed E-state index contributed by atoms with van der Waals surface area (Å²) < 4.78 is 16.7. The van der Waals surface area contributed by atoms with Gasteiger partial charge < -0.3 is 9.80 Å². The minimum atomic E-state index is -0.187. The molecule has 0 bridgehead atoms. The number of hydrogen-bond acceptors (Lipinski definition) is 4. The Hall–Kier alpha value is -4.37. The molecule has 0 spiro atoms. The zero-order valence-corrected chi connectivity index (χ0v) is 21.1. The van der Waals surface area contributed by atoms with Crippen molar-refractivity contribution in [1.29, 1.82) is 5.26 Å². The first kappa shape index (κ1) is 23.1. The molecule has 1 saturated heterocycles. The average molecular weight is 490 g/mol. The molecule has 0 N–H and O–H groups in total. The number of para-hydroxylation sites is 3. The lowest BCUT2D eigenvalue weighted by molar-refractivity contribution is 0.595. The number of nitriles is 1. The summed E-state index contributed by atoms with van der Waals surface area (Å²) in [7, 11) is 0. The number of nitrogens with zero attached hydrogens (tertiary/aromatic N) is 5. The van der Waals surface area contributed by atoms with Crippen LogP contribution in [0, 0.1) is 31.0 Å². The number of hydrogen-bond donors (Lipinski definition) is 0. The van der Waals surface area contributed by atoms with E-state index in [0.717, 1.165) is 41.1 Å². The van der Waals surface area contributed by atoms with Crippen LogP contribution in [0.25, 0.3) is 16.7 Å². The van der Waals surface area contributed by atoms with Crippen molar-refractivity contribution in [2.75, 3.05) is 36.0 Å². The van der Waals surface area contributed by atoms with E-state index in [9.17, 15) is 9.65 Å². The lowest BCUT2D eigenvalue weighted by Gasteiger charge is -2.39. The Kier molecular flexibility index (Phi) is 5.77. The van der Waals surface area contributed by atoms with Crippen molar-refractivity contribution in [3.05, 3.63) is 106 Å². The maximum atomic E-state index is 14.5. The van der Waals surface area contributed by atoms with Crippen molar-refractivity contribution < 1.29 is 4.39 Å². The Bertz CT molecular complexity index is 1650. The van der Waals surface area contributed by atoms with Crippen molar-refractivity contribution in [3.63, 3.8) is 0 Å². The Morgan fingerprint density at radius 1 is 0.865 bits per heavy atom. The lowest BCUT2D eigenvalue weighted by atomic mass is 9.96. The van der Waals surface area contributed by atoms with Gasteiger partial charge in [0.2, 0.25) is 0 Å². The third kappa shape index (κ3) is 3.97. The van der Waals surface area contributed by atoms with Crippen LogP contribution in [0.2, 0.25) is 0 Å². The molecule has 6 heteroatoms. The number of fused-ring (bicyclic) bond motifs is 3. The number of aryl methyl sites for hydroxylation is 1. The van der Waals surface area contributed by atoms with E-state index in [1.54, 1.807) is 6.07 Å². The third-order valence-electron chi connectivity index (χ3n) is 7.48. The summed E-state index contributed by atoms with van der Waals surface area (Å²) >= 11 is 0. The molecule has 1 aliphatic heterocycles. The molecule has 0 saturated carbocycles. The second-order valence-electron chi connectivity index (χ2n) is 9.76. The van der Waals surface area contributed by atoms with Crippen molar-refractivity contribution in [2.24, 2.45) is 0 Å². The normalized spacial score (nSPS) is 13.9. The molecule has 3 heterocycles. The van der Waals surface area contributed by atoms with E-state index in [1.165, 1.54) is 17.2 Å². The van der Waals surface area contributed by atoms with E-state index < -0.39 is 0 Å².